The number of nitrogens with two attached hydrogens (primary N) is 1. The van der Waals surface area contributed by atoms with E-state index in [9.17, 15) is 0 Å². The summed E-state index contributed by atoms with van der Waals surface area (Å²) in [4.78, 5) is 0.777. The summed E-state index contributed by atoms with van der Waals surface area (Å²) in [5.74, 6) is 0. The standard InChI is InChI=1S/C9H6BrN5S/c10-7-3-5(11)1-2-6(7)8-14-15-4-12-13-9(15)16-8/h1-4H,11H2. The van der Waals surface area contributed by atoms with Gasteiger partial charge in [0.2, 0.25) is 4.96 Å². The minimum absolute atomic E-state index is 0.721. The number of fused-ring (bicyclic) bond motifs is 1. The third-order valence-corrected chi connectivity index (χ3v) is 3.71. The number of nitrogens with zero attached hydrogens (tertiary/aromatic N) is 4. The van der Waals surface area contributed by atoms with Gasteiger partial charge in [-0.25, -0.2) is 0 Å². The zero-order valence-electron chi connectivity index (χ0n) is 7.96. The number of aromatic nitrogens is 4. The Balaban J connectivity index is 2.19. The predicted molar refractivity (Wildman–Crippen MR) is 66.2 cm³/mol. The van der Waals surface area contributed by atoms with Crippen LogP contribution in [-0.2, 0) is 0 Å². The molecular formula is C9H6BrN5S. The second-order valence-corrected chi connectivity index (χ2v) is 5.01. The SMILES string of the molecule is Nc1ccc(-c2nn3cnnc3s2)c(Br)c1. The Morgan fingerprint density at radius 1 is 1.38 bits per heavy atom. The van der Waals surface area contributed by atoms with Gasteiger partial charge >= 0.3 is 0 Å². The first-order valence-corrected chi connectivity index (χ1v) is 6.07. The van der Waals surface area contributed by atoms with Gasteiger partial charge in [0.25, 0.3) is 0 Å². The maximum absolute atomic E-state index is 5.69. The molecule has 3 rings (SSSR count). The Labute approximate surface area is 103 Å². The van der Waals surface area contributed by atoms with Crippen molar-refractivity contribution in [2.75, 3.05) is 5.73 Å². The Morgan fingerprint density at radius 2 is 2.25 bits per heavy atom. The van der Waals surface area contributed by atoms with Crippen molar-refractivity contribution >= 4 is 37.9 Å². The minimum Gasteiger partial charge on any atom is -0.399 e. The lowest BCUT2D eigenvalue weighted by Crippen LogP contribution is -1.87. The molecule has 0 saturated heterocycles. The van der Waals surface area contributed by atoms with E-state index in [1.165, 1.54) is 11.3 Å². The lowest BCUT2D eigenvalue weighted by Gasteiger charge is -2.00. The quantitative estimate of drug-likeness (QED) is 0.699. The highest BCUT2D eigenvalue weighted by atomic mass is 79.9. The van der Waals surface area contributed by atoms with Crippen molar-refractivity contribution in [1.29, 1.82) is 0 Å². The van der Waals surface area contributed by atoms with Crippen molar-refractivity contribution in [3.8, 4) is 10.6 Å². The Morgan fingerprint density at radius 3 is 3.00 bits per heavy atom. The summed E-state index contributed by atoms with van der Waals surface area (Å²) < 4.78 is 2.58. The molecule has 2 aromatic heterocycles. The van der Waals surface area contributed by atoms with E-state index in [1.807, 2.05) is 18.2 Å². The fraction of sp³-hybridized carbons (Fsp3) is 0. The molecule has 80 valence electrons. The smallest absolute Gasteiger partial charge is 0.234 e. The summed E-state index contributed by atoms with van der Waals surface area (Å²) in [5, 5.41) is 13.0. The summed E-state index contributed by atoms with van der Waals surface area (Å²) in [7, 11) is 0. The molecule has 0 aliphatic rings. The van der Waals surface area contributed by atoms with E-state index in [-0.39, 0.29) is 0 Å². The van der Waals surface area contributed by atoms with Crippen molar-refractivity contribution < 1.29 is 0 Å². The van der Waals surface area contributed by atoms with Crippen LogP contribution in [-0.4, -0.2) is 19.8 Å². The first kappa shape index (κ1) is 9.73. The van der Waals surface area contributed by atoms with Gasteiger partial charge in [0, 0.05) is 15.7 Å². The molecule has 5 nitrogen and oxygen atoms in total. The largest absolute Gasteiger partial charge is 0.399 e. The highest BCUT2D eigenvalue weighted by molar-refractivity contribution is 9.10. The average Bonchev–Trinajstić information content (AvgIpc) is 2.76. The van der Waals surface area contributed by atoms with Gasteiger partial charge in [-0.2, -0.15) is 9.61 Å². The lowest BCUT2D eigenvalue weighted by molar-refractivity contribution is 0.959. The Hall–Kier alpha value is -1.47. The van der Waals surface area contributed by atoms with Gasteiger partial charge in [-0.05, 0) is 34.1 Å². The fourth-order valence-corrected chi connectivity index (χ4v) is 2.95. The van der Waals surface area contributed by atoms with E-state index < -0.39 is 0 Å². The third kappa shape index (κ3) is 1.48. The van der Waals surface area contributed by atoms with Crippen molar-refractivity contribution in [1.82, 2.24) is 19.8 Å². The zero-order valence-corrected chi connectivity index (χ0v) is 10.4. The topological polar surface area (TPSA) is 69.1 Å². The van der Waals surface area contributed by atoms with Crippen molar-refractivity contribution in [3.05, 3.63) is 29.0 Å². The number of hydrogen-bond donors (Lipinski definition) is 1. The third-order valence-electron chi connectivity index (χ3n) is 2.11. The van der Waals surface area contributed by atoms with Crippen LogP contribution in [0.1, 0.15) is 0 Å². The monoisotopic (exact) mass is 295 g/mol. The van der Waals surface area contributed by atoms with Gasteiger partial charge in [-0.1, -0.05) is 11.3 Å². The summed E-state index contributed by atoms with van der Waals surface area (Å²) in [6.45, 7) is 0. The normalized spacial score (nSPS) is 11.1. The highest BCUT2D eigenvalue weighted by Crippen LogP contribution is 2.32. The lowest BCUT2D eigenvalue weighted by atomic mass is 10.2. The second-order valence-electron chi connectivity index (χ2n) is 3.20. The molecule has 0 aliphatic carbocycles. The van der Waals surface area contributed by atoms with Crippen LogP contribution in [0.25, 0.3) is 15.5 Å². The van der Waals surface area contributed by atoms with Crippen LogP contribution in [0, 0.1) is 0 Å². The van der Waals surface area contributed by atoms with Gasteiger partial charge in [0.15, 0.2) is 0 Å². The van der Waals surface area contributed by atoms with Crippen LogP contribution < -0.4 is 5.73 Å². The molecule has 0 unspecified atom stereocenters. The molecular weight excluding hydrogens is 290 g/mol. The molecule has 3 aromatic rings. The maximum Gasteiger partial charge on any atom is 0.234 e. The molecule has 0 atom stereocenters. The molecule has 0 saturated carbocycles. The van der Waals surface area contributed by atoms with E-state index in [0.29, 0.717) is 0 Å². The van der Waals surface area contributed by atoms with Crippen LogP contribution in [0.3, 0.4) is 0 Å². The molecule has 0 aliphatic heterocycles. The number of halogens is 1. The molecule has 0 bridgehead atoms. The first-order chi connectivity index (χ1) is 7.74. The fourth-order valence-electron chi connectivity index (χ4n) is 1.37. The van der Waals surface area contributed by atoms with E-state index in [0.717, 1.165) is 25.7 Å². The summed E-state index contributed by atoms with van der Waals surface area (Å²) in [5.41, 5.74) is 7.41. The number of hydrogen-bond acceptors (Lipinski definition) is 5. The van der Waals surface area contributed by atoms with Crippen molar-refractivity contribution in [3.63, 3.8) is 0 Å². The van der Waals surface area contributed by atoms with Gasteiger partial charge in [0.05, 0.1) is 0 Å². The molecule has 0 fully saturated rings. The van der Waals surface area contributed by atoms with Gasteiger partial charge in [-0.15, -0.1) is 10.2 Å². The van der Waals surface area contributed by atoms with E-state index in [2.05, 4.69) is 31.2 Å². The van der Waals surface area contributed by atoms with E-state index in [4.69, 9.17) is 5.73 Å². The number of anilines is 1. The summed E-state index contributed by atoms with van der Waals surface area (Å²) in [6.07, 6.45) is 1.58. The number of nitrogen functional groups attached to an aromatic ring is 1. The van der Waals surface area contributed by atoms with Crippen LogP contribution in [0.2, 0.25) is 0 Å². The average molecular weight is 296 g/mol. The van der Waals surface area contributed by atoms with E-state index >= 15 is 0 Å². The molecule has 16 heavy (non-hydrogen) atoms. The van der Waals surface area contributed by atoms with Gasteiger partial charge < -0.3 is 5.73 Å². The van der Waals surface area contributed by atoms with Crippen molar-refractivity contribution in [2.45, 2.75) is 0 Å². The van der Waals surface area contributed by atoms with Gasteiger partial charge in [0.1, 0.15) is 11.3 Å². The molecule has 0 amide bonds. The van der Waals surface area contributed by atoms with Crippen LogP contribution in [0.4, 0.5) is 5.69 Å². The Kier molecular flexibility index (Phi) is 2.15. The highest BCUT2D eigenvalue weighted by Gasteiger charge is 2.10. The summed E-state index contributed by atoms with van der Waals surface area (Å²) >= 11 is 4.96. The van der Waals surface area contributed by atoms with Crippen LogP contribution in [0.5, 0.6) is 0 Å². The van der Waals surface area contributed by atoms with Gasteiger partial charge in [-0.3, -0.25) is 0 Å². The van der Waals surface area contributed by atoms with E-state index in [1.54, 1.807) is 10.8 Å². The molecule has 2 N–H and O–H groups in total. The molecule has 0 spiro atoms. The maximum atomic E-state index is 5.69. The minimum atomic E-state index is 0.721. The molecule has 2 heterocycles. The van der Waals surface area contributed by atoms with Crippen LogP contribution >= 0.6 is 27.3 Å². The summed E-state index contributed by atoms with van der Waals surface area (Å²) in [6, 6.07) is 5.64. The molecule has 0 radical (unpaired) electrons. The number of rotatable bonds is 1. The molecule has 7 heteroatoms. The zero-order chi connectivity index (χ0) is 11.1. The van der Waals surface area contributed by atoms with Crippen LogP contribution in [0.15, 0.2) is 29.0 Å². The Bertz CT molecular complexity index is 630. The first-order valence-electron chi connectivity index (χ1n) is 4.46. The second kappa shape index (κ2) is 3.53. The molecule has 1 aromatic carbocycles. The predicted octanol–water partition coefficient (Wildman–Crippen LogP) is 2.20. The number of benzene rings is 1. The van der Waals surface area contributed by atoms with Crippen molar-refractivity contribution in [2.24, 2.45) is 0 Å².